The van der Waals surface area contributed by atoms with Crippen LogP contribution in [-0.2, 0) is 71.8 Å². The zero-order valence-corrected chi connectivity index (χ0v) is 36.5. The van der Waals surface area contributed by atoms with Gasteiger partial charge < -0.3 is 13.7 Å². The molecule has 0 spiro atoms. The summed E-state index contributed by atoms with van der Waals surface area (Å²) >= 11 is -6.14. The fourth-order valence-electron chi connectivity index (χ4n) is 5.63. The van der Waals surface area contributed by atoms with Gasteiger partial charge in [0.15, 0.2) is 11.1 Å². The zero-order valence-electron chi connectivity index (χ0n) is 31.9. The Hall–Kier alpha value is -0.750. The maximum absolute atomic E-state index is 11.6. The van der Waals surface area contributed by atoms with Gasteiger partial charge in [0, 0.05) is 9.79 Å². The van der Waals surface area contributed by atoms with Gasteiger partial charge >= 0.3 is 37.7 Å². The van der Waals surface area contributed by atoms with Gasteiger partial charge in [0.05, 0.1) is 4.90 Å². The van der Waals surface area contributed by atoms with Crippen molar-refractivity contribution in [2.45, 2.75) is 154 Å². The molecule has 0 radical (unpaired) electrons. The molecular formula is C39H58CaO6S3. The Morgan fingerprint density at radius 2 is 0.796 bits per heavy atom. The molecule has 0 aliphatic carbocycles. The molecule has 0 amide bonds. The quantitative estimate of drug-likeness (QED) is 0.145. The SMILES string of the molecule is CC(C)c1cc(C(C)C)c(S(=O)O)c(C(C)C)c1.CCc1cc(CC)c(S(=O)[O-])c(CC)c1.CCc1cc(CC)c(S(=O)[O-])c(CC)c1.[Ca+2]. The molecule has 3 aromatic rings. The number of hydrogen-bond donors (Lipinski definition) is 1. The minimum Gasteiger partial charge on any atom is -0.768 e. The molecule has 270 valence electrons. The molecule has 49 heavy (non-hydrogen) atoms. The number of hydrogen-bond acceptors (Lipinski definition) is 5. The van der Waals surface area contributed by atoms with Crippen LogP contribution < -0.4 is 0 Å². The van der Waals surface area contributed by atoms with E-state index in [1.54, 1.807) is 0 Å². The summed E-state index contributed by atoms with van der Waals surface area (Å²) in [4.78, 5) is 1.64. The van der Waals surface area contributed by atoms with E-state index in [0.717, 1.165) is 71.9 Å². The molecule has 3 unspecified atom stereocenters. The van der Waals surface area contributed by atoms with Gasteiger partial charge in [-0.1, -0.05) is 119 Å². The summed E-state index contributed by atoms with van der Waals surface area (Å²) in [5.74, 6) is 0.945. The van der Waals surface area contributed by atoms with Crippen LogP contribution in [0.2, 0.25) is 0 Å². The summed E-state index contributed by atoms with van der Waals surface area (Å²) in [6.45, 7) is 24.7. The fraction of sp³-hybridized carbons (Fsp3) is 0.538. The van der Waals surface area contributed by atoms with Crippen LogP contribution in [0.15, 0.2) is 51.1 Å². The van der Waals surface area contributed by atoms with Crippen molar-refractivity contribution in [1.29, 1.82) is 0 Å². The molecular weight excluding hydrogens is 701 g/mol. The van der Waals surface area contributed by atoms with E-state index in [-0.39, 0.29) is 49.6 Å². The second kappa shape index (κ2) is 23.7. The maximum atomic E-state index is 11.6. The Kier molecular flexibility index (Phi) is 23.4. The molecule has 0 saturated heterocycles. The molecule has 3 rings (SSSR count). The van der Waals surface area contributed by atoms with E-state index >= 15 is 0 Å². The molecule has 0 aromatic heterocycles. The van der Waals surface area contributed by atoms with Crippen molar-refractivity contribution in [3.05, 3.63) is 86.5 Å². The first-order chi connectivity index (χ1) is 22.5. The van der Waals surface area contributed by atoms with E-state index in [2.05, 4.69) is 67.5 Å². The first kappa shape index (κ1) is 48.2. The van der Waals surface area contributed by atoms with Crippen LogP contribution >= 0.6 is 0 Å². The van der Waals surface area contributed by atoms with Crippen LogP contribution in [-0.4, -0.2) is 64.0 Å². The average Bonchev–Trinajstić information content (AvgIpc) is 3.06. The fourth-order valence-corrected chi connectivity index (χ4v) is 8.29. The molecule has 3 atom stereocenters. The van der Waals surface area contributed by atoms with Crippen molar-refractivity contribution in [1.82, 2.24) is 0 Å². The third-order valence-corrected chi connectivity index (χ3v) is 11.1. The minimum absolute atomic E-state index is 0. The number of rotatable bonds is 12. The summed E-state index contributed by atoms with van der Waals surface area (Å²) < 4.78 is 65.9. The molecule has 0 aliphatic heterocycles. The van der Waals surface area contributed by atoms with E-state index in [1.165, 1.54) is 16.7 Å². The van der Waals surface area contributed by atoms with Crippen LogP contribution in [0.25, 0.3) is 0 Å². The van der Waals surface area contributed by atoms with Gasteiger partial charge in [0.25, 0.3) is 0 Å². The summed E-state index contributed by atoms with van der Waals surface area (Å²) in [7, 11) is 0. The van der Waals surface area contributed by atoms with Crippen LogP contribution in [0.1, 0.15) is 151 Å². The van der Waals surface area contributed by atoms with E-state index in [4.69, 9.17) is 0 Å². The molecule has 0 saturated carbocycles. The summed E-state index contributed by atoms with van der Waals surface area (Å²) in [5, 5.41) is 0. The maximum Gasteiger partial charge on any atom is 2.00 e. The first-order valence-electron chi connectivity index (χ1n) is 17.3. The number of aryl methyl sites for hydroxylation is 6. The van der Waals surface area contributed by atoms with Gasteiger partial charge in [0.1, 0.15) is 0 Å². The van der Waals surface area contributed by atoms with Gasteiger partial charge in [-0.25, -0.2) is 4.21 Å². The van der Waals surface area contributed by atoms with Crippen LogP contribution in [0, 0.1) is 0 Å². The Morgan fingerprint density at radius 3 is 0.959 bits per heavy atom. The second-order valence-corrected chi connectivity index (χ2v) is 15.5. The Morgan fingerprint density at radius 1 is 0.510 bits per heavy atom. The van der Waals surface area contributed by atoms with Gasteiger partial charge in [0.2, 0.25) is 0 Å². The molecule has 0 bridgehead atoms. The largest absolute Gasteiger partial charge is 2.00 e. The van der Waals surface area contributed by atoms with E-state index in [0.29, 0.717) is 20.6 Å². The van der Waals surface area contributed by atoms with Gasteiger partial charge in [-0.15, -0.1) is 0 Å². The molecule has 6 nitrogen and oxygen atoms in total. The summed E-state index contributed by atoms with van der Waals surface area (Å²) in [5.41, 5.74) is 9.47. The Bertz CT molecular complexity index is 1410. The molecule has 3 aromatic carbocycles. The standard InChI is InChI=1S/C15H24O2S.2C12H18O2S.Ca/c1-9(2)12-7-13(10(3)4)15(18(16)17)14(8-12)11(5)6;2*1-4-9-7-10(5-2)12(15(13)14)11(6-3)8-9;/h7-11H,1-6H3,(H,16,17);2*7-8H,4-6H2,1-3H3,(H,13,14);/q;;;+2/p-2. The average molecular weight is 759 g/mol. The second-order valence-electron chi connectivity index (χ2n) is 12.8. The van der Waals surface area contributed by atoms with E-state index in [1.807, 2.05) is 52.0 Å². The molecule has 0 heterocycles. The van der Waals surface area contributed by atoms with Crippen molar-refractivity contribution in [3.63, 3.8) is 0 Å². The Balaban J connectivity index is 0.000000702. The molecule has 10 heteroatoms. The summed E-state index contributed by atoms with van der Waals surface area (Å²) in [6.07, 6.45) is 4.97. The van der Waals surface area contributed by atoms with Crippen LogP contribution in [0.3, 0.4) is 0 Å². The zero-order chi connectivity index (χ0) is 36.9. The third-order valence-electron chi connectivity index (χ3n) is 8.53. The van der Waals surface area contributed by atoms with Crippen molar-refractivity contribution >= 4 is 71.0 Å². The smallest absolute Gasteiger partial charge is 0.768 e. The van der Waals surface area contributed by atoms with Crippen LogP contribution in [0.5, 0.6) is 0 Å². The Labute approximate surface area is 334 Å². The van der Waals surface area contributed by atoms with Crippen LogP contribution in [0.4, 0.5) is 0 Å². The molecule has 0 fully saturated rings. The normalized spacial score (nSPS) is 12.9. The predicted octanol–water partition coefficient (Wildman–Crippen LogP) is 9.48. The number of benzene rings is 3. The molecule has 1 N–H and O–H groups in total. The first-order valence-corrected chi connectivity index (χ1v) is 20.5. The van der Waals surface area contributed by atoms with Gasteiger partial charge in [-0.05, 0) is 129 Å². The van der Waals surface area contributed by atoms with Crippen molar-refractivity contribution < 1.29 is 26.3 Å². The topological polar surface area (TPSA) is 118 Å². The van der Waals surface area contributed by atoms with Crippen molar-refractivity contribution in [2.75, 3.05) is 0 Å². The molecule has 0 aliphatic rings. The van der Waals surface area contributed by atoms with Gasteiger partial charge in [-0.3, -0.25) is 8.42 Å². The van der Waals surface area contributed by atoms with Crippen molar-refractivity contribution in [3.8, 4) is 0 Å². The van der Waals surface area contributed by atoms with E-state index in [9.17, 15) is 26.3 Å². The van der Waals surface area contributed by atoms with Gasteiger partial charge in [-0.2, -0.15) is 0 Å². The van der Waals surface area contributed by atoms with Crippen molar-refractivity contribution in [2.24, 2.45) is 0 Å². The monoisotopic (exact) mass is 758 g/mol. The summed E-state index contributed by atoms with van der Waals surface area (Å²) in [6, 6.07) is 12.2. The minimum atomic E-state index is -2.11. The van der Waals surface area contributed by atoms with E-state index < -0.39 is 33.2 Å². The predicted molar refractivity (Wildman–Crippen MR) is 207 cm³/mol. The third kappa shape index (κ3) is 14.0.